The number of nitrogens with zero attached hydrogens (tertiary/aromatic N) is 4. The summed E-state index contributed by atoms with van der Waals surface area (Å²) in [5.41, 5.74) is 3.57. The Morgan fingerprint density at radius 2 is 1.82 bits per heavy atom. The molecule has 4 rings (SSSR count). The van der Waals surface area contributed by atoms with Gasteiger partial charge in [0.25, 0.3) is 5.91 Å². The number of hydrogen-bond acceptors (Lipinski definition) is 5. The van der Waals surface area contributed by atoms with Crippen molar-refractivity contribution in [3.05, 3.63) is 71.1 Å². The zero-order chi connectivity index (χ0) is 19.7. The third-order valence-electron chi connectivity index (χ3n) is 4.36. The number of amides is 1. The molecule has 4 aromatic rings. The first-order chi connectivity index (χ1) is 13.6. The average molecular weight is 394 g/mol. The molecule has 2 aromatic heterocycles. The molecule has 1 N–H and O–H groups in total. The zero-order valence-corrected chi connectivity index (χ0v) is 15.9. The fourth-order valence-corrected chi connectivity index (χ4v) is 3.07. The molecular formula is C20H16ClN5O2. The average Bonchev–Trinajstić information content (AvgIpc) is 3.14. The summed E-state index contributed by atoms with van der Waals surface area (Å²) in [7, 11) is 1.61. The van der Waals surface area contributed by atoms with Crippen LogP contribution in [0.2, 0.25) is 5.02 Å². The largest absolute Gasteiger partial charge is 0.496 e. The quantitative estimate of drug-likeness (QED) is 0.566. The maximum absolute atomic E-state index is 12.6. The van der Waals surface area contributed by atoms with Crippen LogP contribution in [-0.2, 0) is 0 Å². The molecule has 0 aliphatic carbocycles. The summed E-state index contributed by atoms with van der Waals surface area (Å²) in [6, 6.07) is 14.4. The molecule has 7 nitrogen and oxygen atoms in total. The van der Waals surface area contributed by atoms with Crippen LogP contribution in [0.1, 0.15) is 16.2 Å². The Bertz CT molecular complexity index is 1170. The molecule has 0 fully saturated rings. The van der Waals surface area contributed by atoms with Crippen LogP contribution in [0.3, 0.4) is 0 Å². The van der Waals surface area contributed by atoms with Crippen molar-refractivity contribution in [1.29, 1.82) is 0 Å². The fraction of sp³-hybridized carbons (Fsp3) is 0.100. The van der Waals surface area contributed by atoms with Gasteiger partial charge < -0.3 is 10.1 Å². The molecule has 0 aliphatic rings. The highest BCUT2D eigenvalue weighted by atomic mass is 35.5. The van der Waals surface area contributed by atoms with Gasteiger partial charge in [-0.1, -0.05) is 29.8 Å². The van der Waals surface area contributed by atoms with Gasteiger partial charge in [-0.2, -0.15) is 5.10 Å². The van der Waals surface area contributed by atoms with E-state index in [0.717, 1.165) is 11.1 Å². The highest BCUT2D eigenvalue weighted by Gasteiger charge is 2.19. The van der Waals surface area contributed by atoms with Crippen molar-refractivity contribution >= 4 is 28.8 Å². The van der Waals surface area contributed by atoms with E-state index in [1.54, 1.807) is 49.0 Å². The van der Waals surface area contributed by atoms with Crippen molar-refractivity contribution in [2.24, 2.45) is 0 Å². The van der Waals surface area contributed by atoms with Gasteiger partial charge in [-0.3, -0.25) is 4.79 Å². The summed E-state index contributed by atoms with van der Waals surface area (Å²) in [4.78, 5) is 12.6. The molecule has 2 heterocycles. The highest BCUT2D eigenvalue weighted by molar-refractivity contribution is 6.30. The summed E-state index contributed by atoms with van der Waals surface area (Å²) < 4.78 is 7.03. The van der Waals surface area contributed by atoms with Gasteiger partial charge in [-0.25, -0.2) is 4.52 Å². The number of aromatic nitrogens is 4. The van der Waals surface area contributed by atoms with E-state index in [4.69, 9.17) is 16.3 Å². The van der Waals surface area contributed by atoms with Crippen LogP contribution in [0.25, 0.3) is 16.8 Å². The number of aryl methyl sites for hydroxylation is 1. The molecule has 0 unspecified atom stereocenters. The maximum atomic E-state index is 12.6. The standard InChI is InChI=1S/C20H16ClN5O2/c1-12-18(20(27)23-14-9-7-13(21)8-10-14)24-25-19-16(11-22-26(12)19)15-5-3-4-6-17(15)28-2/h3-11H,1-2H3,(H,23,27). The molecule has 0 atom stereocenters. The number of fused-ring (bicyclic) bond motifs is 1. The Kier molecular flexibility index (Phi) is 4.67. The number of anilines is 1. The van der Waals surface area contributed by atoms with Gasteiger partial charge in [0.2, 0.25) is 0 Å². The van der Waals surface area contributed by atoms with Crippen LogP contribution in [0, 0.1) is 6.92 Å². The topological polar surface area (TPSA) is 81.4 Å². The van der Waals surface area contributed by atoms with Crippen molar-refractivity contribution in [2.75, 3.05) is 12.4 Å². The van der Waals surface area contributed by atoms with Crippen molar-refractivity contribution in [1.82, 2.24) is 19.8 Å². The number of ether oxygens (including phenoxy) is 1. The molecule has 0 aliphatic heterocycles. The number of carbonyl (C=O) groups is 1. The van der Waals surface area contributed by atoms with E-state index in [1.165, 1.54) is 0 Å². The molecule has 2 aromatic carbocycles. The Morgan fingerprint density at radius 3 is 2.57 bits per heavy atom. The maximum Gasteiger partial charge on any atom is 0.278 e. The zero-order valence-electron chi connectivity index (χ0n) is 15.2. The number of rotatable bonds is 4. The molecule has 28 heavy (non-hydrogen) atoms. The van der Waals surface area contributed by atoms with Crippen LogP contribution in [-0.4, -0.2) is 32.8 Å². The minimum Gasteiger partial charge on any atom is -0.496 e. The second kappa shape index (κ2) is 7.28. The number of methoxy groups -OCH3 is 1. The molecule has 0 saturated carbocycles. The van der Waals surface area contributed by atoms with Crippen molar-refractivity contribution < 1.29 is 9.53 Å². The molecule has 0 bridgehead atoms. The van der Waals surface area contributed by atoms with Gasteiger partial charge in [0.05, 0.1) is 24.6 Å². The third-order valence-corrected chi connectivity index (χ3v) is 4.62. The minimum atomic E-state index is -0.372. The van der Waals surface area contributed by atoms with Crippen LogP contribution in [0.5, 0.6) is 5.75 Å². The van der Waals surface area contributed by atoms with E-state index < -0.39 is 0 Å². The van der Waals surface area contributed by atoms with E-state index in [0.29, 0.717) is 27.8 Å². The number of nitrogens with one attached hydrogen (secondary N) is 1. The summed E-state index contributed by atoms with van der Waals surface area (Å²) in [5, 5.41) is 16.2. The Hall–Kier alpha value is -3.45. The lowest BCUT2D eigenvalue weighted by Gasteiger charge is -2.09. The Labute approximate surface area is 165 Å². The van der Waals surface area contributed by atoms with Crippen molar-refractivity contribution in [2.45, 2.75) is 6.92 Å². The lowest BCUT2D eigenvalue weighted by Crippen LogP contribution is -2.18. The summed E-state index contributed by atoms with van der Waals surface area (Å²) in [6.45, 7) is 1.78. The van der Waals surface area contributed by atoms with Gasteiger partial charge in [-0.05, 0) is 37.3 Å². The van der Waals surface area contributed by atoms with Gasteiger partial charge in [-0.15, -0.1) is 10.2 Å². The molecular weight excluding hydrogens is 378 g/mol. The second-order valence-corrected chi connectivity index (χ2v) is 6.53. The number of benzene rings is 2. The lowest BCUT2D eigenvalue weighted by molar-refractivity contribution is 0.102. The molecule has 0 spiro atoms. The highest BCUT2D eigenvalue weighted by Crippen LogP contribution is 2.32. The third kappa shape index (κ3) is 3.16. The molecule has 0 saturated heterocycles. The number of para-hydroxylation sites is 1. The first-order valence-electron chi connectivity index (χ1n) is 8.50. The van der Waals surface area contributed by atoms with Gasteiger partial charge in [0, 0.05) is 16.3 Å². The van der Waals surface area contributed by atoms with Crippen molar-refractivity contribution in [3.63, 3.8) is 0 Å². The van der Waals surface area contributed by atoms with E-state index in [9.17, 15) is 4.79 Å². The Morgan fingerprint density at radius 1 is 1.07 bits per heavy atom. The Balaban J connectivity index is 1.72. The minimum absolute atomic E-state index is 0.192. The summed E-state index contributed by atoms with van der Waals surface area (Å²) >= 11 is 5.87. The van der Waals surface area contributed by atoms with Crippen LogP contribution in [0.15, 0.2) is 54.7 Å². The first kappa shape index (κ1) is 17.9. The van der Waals surface area contributed by atoms with Gasteiger partial charge in [0.15, 0.2) is 11.3 Å². The molecule has 0 radical (unpaired) electrons. The van der Waals surface area contributed by atoms with E-state index in [-0.39, 0.29) is 11.6 Å². The fourth-order valence-electron chi connectivity index (χ4n) is 2.94. The van der Waals surface area contributed by atoms with E-state index in [2.05, 4.69) is 20.6 Å². The van der Waals surface area contributed by atoms with Crippen LogP contribution < -0.4 is 10.1 Å². The monoisotopic (exact) mass is 393 g/mol. The predicted octanol–water partition coefficient (Wildman–Crippen LogP) is 4.01. The van der Waals surface area contributed by atoms with Crippen LogP contribution >= 0.6 is 11.6 Å². The SMILES string of the molecule is COc1ccccc1-c1cnn2c(C)c(C(=O)Nc3ccc(Cl)cc3)nnc12. The van der Waals surface area contributed by atoms with Gasteiger partial charge in [0.1, 0.15) is 5.75 Å². The molecule has 140 valence electrons. The van der Waals surface area contributed by atoms with Crippen molar-refractivity contribution in [3.8, 4) is 16.9 Å². The summed E-state index contributed by atoms with van der Waals surface area (Å²) in [6.07, 6.45) is 1.69. The number of halogens is 1. The van der Waals surface area contributed by atoms with E-state index >= 15 is 0 Å². The smallest absolute Gasteiger partial charge is 0.278 e. The van der Waals surface area contributed by atoms with E-state index in [1.807, 2.05) is 24.3 Å². The molecule has 8 heteroatoms. The number of hydrogen-bond donors (Lipinski definition) is 1. The first-order valence-corrected chi connectivity index (χ1v) is 8.87. The molecule has 1 amide bonds. The number of carbonyl (C=O) groups excluding carboxylic acids is 1. The summed E-state index contributed by atoms with van der Waals surface area (Å²) in [5.74, 6) is 0.338. The normalized spacial score (nSPS) is 10.8. The van der Waals surface area contributed by atoms with Crippen LogP contribution in [0.4, 0.5) is 5.69 Å². The second-order valence-electron chi connectivity index (χ2n) is 6.09. The predicted molar refractivity (Wildman–Crippen MR) is 107 cm³/mol. The lowest BCUT2D eigenvalue weighted by atomic mass is 10.1. The van der Waals surface area contributed by atoms with Gasteiger partial charge >= 0.3 is 0 Å².